The normalized spacial score (nSPS) is 20.8. The summed E-state index contributed by atoms with van der Waals surface area (Å²) in [5, 5.41) is 3.73. The molecular weight excluding hydrogens is 275 g/mol. The molecule has 0 spiro atoms. The summed E-state index contributed by atoms with van der Waals surface area (Å²) < 4.78 is 17.3. The molecule has 1 aliphatic carbocycles. The average Bonchev–Trinajstić information content (AvgIpc) is 3.06. The van der Waals surface area contributed by atoms with Gasteiger partial charge in [-0.2, -0.15) is 4.37 Å². The molecule has 1 saturated carbocycles. The van der Waals surface area contributed by atoms with Gasteiger partial charge in [-0.3, -0.25) is 4.79 Å². The number of halogens is 1. The Balaban J connectivity index is 1.81. The number of carbonyl (C=O) groups is 1. The number of aromatic nitrogens is 1. The minimum Gasteiger partial charge on any atom is -0.316 e. The van der Waals surface area contributed by atoms with E-state index in [0.717, 1.165) is 28.2 Å². The molecule has 1 N–H and O–H groups in total. The maximum absolute atomic E-state index is 12.9. The van der Waals surface area contributed by atoms with Gasteiger partial charge in [-0.05, 0) is 55.1 Å². The van der Waals surface area contributed by atoms with Gasteiger partial charge in [-0.1, -0.05) is 6.92 Å². The molecule has 5 heteroatoms. The molecule has 3 rings (SSSR count). The number of rotatable bonds is 3. The molecular formula is C15H15FN2OS. The average molecular weight is 290 g/mol. The third-order valence-corrected chi connectivity index (χ3v) is 4.59. The Hall–Kier alpha value is -1.75. The van der Waals surface area contributed by atoms with Gasteiger partial charge in [0.05, 0.1) is 5.69 Å². The minimum atomic E-state index is -0.266. The van der Waals surface area contributed by atoms with Crippen LogP contribution in [0.25, 0.3) is 11.3 Å². The van der Waals surface area contributed by atoms with E-state index >= 15 is 0 Å². The van der Waals surface area contributed by atoms with E-state index < -0.39 is 0 Å². The molecule has 2 unspecified atom stereocenters. The van der Waals surface area contributed by atoms with Gasteiger partial charge in [-0.15, -0.1) is 0 Å². The summed E-state index contributed by atoms with van der Waals surface area (Å²) in [6.07, 6.45) is 0.967. The monoisotopic (exact) mass is 290 g/mol. The van der Waals surface area contributed by atoms with E-state index in [9.17, 15) is 9.18 Å². The Morgan fingerprint density at radius 2 is 2.05 bits per heavy atom. The molecule has 2 aromatic rings. The summed E-state index contributed by atoms with van der Waals surface area (Å²) in [5.41, 5.74) is 2.60. The third-order valence-electron chi connectivity index (χ3n) is 3.72. The first-order valence-corrected chi connectivity index (χ1v) is 7.36. The second-order valence-electron chi connectivity index (χ2n) is 5.30. The smallest absolute Gasteiger partial charge is 0.228 e. The van der Waals surface area contributed by atoms with Crippen LogP contribution in [0.2, 0.25) is 0 Å². The predicted molar refractivity (Wildman–Crippen MR) is 78.1 cm³/mol. The topological polar surface area (TPSA) is 42.0 Å². The Labute approximate surface area is 121 Å². The Morgan fingerprint density at radius 3 is 2.65 bits per heavy atom. The Bertz CT molecular complexity index is 650. The number of amides is 1. The molecule has 0 saturated heterocycles. The van der Waals surface area contributed by atoms with Crippen LogP contribution >= 0.6 is 11.5 Å². The standard InChI is InChI=1S/C15H15FN2OS/c1-8-7-12(8)14(19)17-15-9(2)13(18-20-15)10-3-5-11(16)6-4-10/h3-6,8,12H,7H2,1-2H3,(H,17,19). The van der Waals surface area contributed by atoms with Crippen LogP contribution in [-0.4, -0.2) is 10.3 Å². The zero-order valence-corrected chi connectivity index (χ0v) is 12.1. The molecule has 20 heavy (non-hydrogen) atoms. The Morgan fingerprint density at radius 1 is 1.40 bits per heavy atom. The number of hydrogen-bond acceptors (Lipinski definition) is 3. The number of hydrogen-bond donors (Lipinski definition) is 1. The van der Waals surface area contributed by atoms with Gasteiger partial charge < -0.3 is 5.32 Å². The van der Waals surface area contributed by atoms with Crippen LogP contribution in [0.15, 0.2) is 24.3 Å². The van der Waals surface area contributed by atoms with Gasteiger partial charge in [0.2, 0.25) is 5.91 Å². The van der Waals surface area contributed by atoms with E-state index in [1.54, 1.807) is 12.1 Å². The number of benzene rings is 1. The summed E-state index contributed by atoms with van der Waals surface area (Å²) >= 11 is 1.27. The van der Waals surface area contributed by atoms with Crippen LogP contribution in [0, 0.1) is 24.6 Å². The van der Waals surface area contributed by atoms with Crippen molar-refractivity contribution in [1.82, 2.24) is 4.37 Å². The highest BCUT2D eigenvalue weighted by Gasteiger charge is 2.39. The van der Waals surface area contributed by atoms with Crippen LogP contribution in [0.5, 0.6) is 0 Å². The highest BCUT2D eigenvalue weighted by Crippen LogP contribution is 2.39. The minimum absolute atomic E-state index is 0.0786. The van der Waals surface area contributed by atoms with Gasteiger partial charge in [0.15, 0.2) is 0 Å². The summed E-state index contributed by atoms with van der Waals surface area (Å²) in [5.74, 6) is 0.443. The van der Waals surface area contributed by atoms with Crippen molar-refractivity contribution in [2.45, 2.75) is 20.3 Å². The molecule has 0 aliphatic heterocycles. The van der Waals surface area contributed by atoms with Gasteiger partial charge in [0.1, 0.15) is 10.8 Å². The van der Waals surface area contributed by atoms with Gasteiger partial charge >= 0.3 is 0 Å². The fraction of sp³-hybridized carbons (Fsp3) is 0.333. The van der Waals surface area contributed by atoms with E-state index in [0.29, 0.717) is 5.92 Å². The van der Waals surface area contributed by atoms with E-state index in [1.165, 1.54) is 23.7 Å². The van der Waals surface area contributed by atoms with Crippen molar-refractivity contribution < 1.29 is 9.18 Å². The SMILES string of the molecule is Cc1c(-c2ccc(F)cc2)nsc1NC(=O)C1CC1C. The fourth-order valence-electron chi connectivity index (χ4n) is 2.22. The van der Waals surface area contributed by atoms with E-state index in [4.69, 9.17) is 0 Å². The second-order valence-corrected chi connectivity index (χ2v) is 6.07. The molecule has 1 aliphatic rings. The van der Waals surface area contributed by atoms with Crippen molar-refractivity contribution in [3.05, 3.63) is 35.6 Å². The van der Waals surface area contributed by atoms with Crippen molar-refractivity contribution in [3.8, 4) is 11.3 Å². The second kappa shape index (κ2) is 4.98. The summed E-state index contributed by atoms with van der Waals surface area (Å²) in [4.78, 5) is 11.9. The largest absolute Gasteiger partial charge is 0.316 e. The lowest BCUT2D eigenvalue weighted by atomic mass is 10.1. The molecule has 1 amide bonds. The first-order valence-electron chi connectivity index (χ1n) is 6.59. The van der Waals surface area contributed by atoms with Gasteiger partial charge in [0, 0.05) is 17.0 Å². The van der Waals surface area contributed by atoms with E-state index in [-0.39, 0.29) is 17.6 Å². The molecule has 0 bridgehead atoms. The molecule has 2 atom stereocenters. The predicted octanol–water partition coefficient (Wildman–Crippen LogP) is 3.85. The van der Waals surface area contributed by atoms with E-state index in [1.807, 2.05) is 6.92 Å². The maximum Gasteiger partial charge on any atom is 0.228 e. The quantitative estimate of drug-likeness (QED) is 0.933. The Kier molecular flexibility index (Phi) is 3.30. The molecule has 1 aromatic heterocycles. The first-order chi connectivity index (χ1) is 9.56. The zero-order chi connectivity index (χ0) is 14.3. The van der Waals surface area contributed by atoms with Crippen LogP contribution in [-0.2, 0) is 4.79 Å². The van der Waals surface area contributed by atoms with Crippen LogP contribution in [0.1, 0.15) is 18.9 Å². The maximum atomic E-state index is 12.9. The highest BCUT2D eigenvalue weighted by molar-refractivity contribution is 7.10. The number of anilines is 1. The molecule has 1 heterocycles. The van der Waals surface area contributed by atoms with Crippen molar-refractivity contribution in [2.75, 3.05) is 5.32 Å². The van der Waals surface area contributed by atoms with Crippen LogP contribution in [0.3, 0.4) is 0 Å². The summed E-state index contributed by atoms with van der Waals surface area (Å²) in [6, 6.07) is 6.23. The number of nitrogens with zero attached hydrogens (tertiary/aromatic N) is 1. The lowest BCUT2D eigenvalue weighted by molar-refractivity contribution is -0.117. The molecule has 0 radical (unpaired) electrons. The number of nitrogens with one attached hydrogen (secondary N) is 1. The zero-order valence-electron chi connectivity index (χ0n) is 11.3. The summed E-state index contributed by atoms with van der Waals surface area (Å²) in [7, 11) is 0. The van der Waals surface area contributed by atoms with Crippen LogP contribution in [0.4, 0.5) is 9.39 Å². The van der Waals surface area contributed by atoms with Gasteiger partial charge in [0.25, 0.3) is 0 Å². The van der Waals surface area contributed by atoms with Crippen molar-refractivity contribution >= 4 is 22.4 Å². The van der Waals surface area contributed by atoms with Crippen molar-refractivity contribution in [2.24, 2.45) is 11.8 Å². The third kappa shape index (κ3) is 2.45. The summed E-state index contributed by atoms with van der Waals surface area (Å²) in [6.45, 7) is 4.00. The van der Waals surface area contributed by atoms with E-state index in [2.05, 4.69) is 16.6 Å². The highest BCUT2D eigenvalue weighted by atomic mass is 32.1. The fourth-order valence-corrected chi connectivity index (χ4v) is 3.03. The lowest BCUT2D eigenvalue weighted by Crippen LogP contribution is -2.14. The van der Waals surface area contributed by atoms with Gasteiger partial charge in [-0.25, -0.2) is 4.39 Å². The lowest BCUT2D eigenvalue weighted by Gasteiger charge is -2.03. The van der Waals surface area contributed by atoms with Crippen LogP contribution < -0.4 is 5.32 Å². The molecule has 1 aromatic carbocycles. The molecule has 3 nitrogen and oxygen atoms in total. The first kappa shape index (κ1) is 13.2. The molecule has 104 valence electrons. The molecule has 1 fully saturated rings. The number of carbonyl (C=O) groups excluding carboxylic acids is 1. The van der Waals surface area contributed by atoms with Crippen molar-refractivity contribution in [1.29, 1.82) is 0 Å². The van der Waals surface area contributed by atoms with Crippen molar-refractivity contribution in [3.63, 3.8) is 0 Å².